The molecule has 0 amide bonds. The molecule has 6 aliphatic rings. The van der Waals surface area contributed by atoms with Crippen molar-refractivity contribution in [3.05, 3.63) is 11.6 Å². The van der Waals surface area contributed by atoms with Crippen LogP contribution < -0.4 is 0 Å². The van der Waals surface area contributed by atoms with Crippen molar-refractivity contribution in [3.8, 4) is 0 Å². The van der Waals surface area contributed by atoms with Gasteiger partial charge in [0.25, 0.3) is 0 Å². The average molecular weight is 527 g/mol. The molecule has 4 saturated carbocycles. The zero-order chi connectivity index (χ0) is 27.5. The summed E-state index contributed by atoms with van der Waals surface area (Å²) in [5.74, 6) is 2.32. The Kier molecular flexibility index (Phi) is 5.99. The number of methoxy groups -OCH3 is 1. The van der Waals surface area contributed by atoms with Crippen molar-refractivity contribution in [2.75, 3.05) is 13.7 Å². The van der Waals surface area contributed by atoms with Crippen LogP contribution in [-0.2, 0) is 19.0 Å². The minimum atomic E-state index is -0.473. The number of carbonyl (C=O) groups excluding carboxylic acids is 1. The second kappa shape index (κ2) is 8.34. The van der Waals surface area contributed by atoms with E-state index in [-0.39, 0.29) is 33.0 Å². The summed E-state index contributed by atoms with van der Waals surface area (Å²) in [4.78, 5) is 13.5. The summed E-state index contributed by atoms with van der Waals surface area (Å²) in [6.07, 6.45) is 13.2. The summed E-state index contributed by atoms with van der Waals surface area (Å²) in [6.45, 7) is 20.2. The first-order valence-electron chi connectivity index (χ1n) is 15.8. The largest absolute Gasteiger partial charge is 0.469 e. The fraction of sp³-hybridized carbons (Fsp3) is 0.912. The number of fused-ring (bicyclic) bond motifs is 9. The minimum absolute atomic E-state index is 0.0543. The van der Waals surface area contributed by atoms with E-state index in [1.165, 1.54) is 19.3 Å². The Hall–Kier alpha value is -0.870. The molecular weight excluding hydrogens is 472 g/mol. The maximum Gasteiger partial charge on any atom is 0.312 e. The standard InChI is InChI=1S/C34H54O4/c1-21-12-17-34(28(35)36-9)19-18-32(7)23(27(34)22(21)2)10-11-25-30(5)15-14-26-31(6,20-37-29(3,4)38-26)24(30)13-16-33(25,32)8/h10,21-22,24-27H,11-20H2,1-9H3/t21-,22?,24?,25?,26?,27?,30?,31-,32-,33?,34?/m1/s1. The van der Waals surface area contributed by atoms with Crippen molar-refractivity contribution in [2.24, 2.45) is 56.7 Å². The Morgan fingerprint density at radius 1 is 0.895 bits per heavy atom. The zero-order valence-electron chi connectivity index (χ0n) is 25.7. The maximum atomic E-state index is 13.5. The van der Waals surface area contributed by atoms with Crippen LogP contribution in [0.4, 0.5) is 0 Å². The molecule has 38 heavy (non-hydrogen) atoms. The van der Waals surface area contributed by atoms with Crippen molar-refractivity contribution in [1.82, 2.24) is 0 Å². The molecule has 0 aromatic carbocycles. The van der Waals surface area contributed by atoms with Gasteiger partial charge >= 0.3 is 5.97 Å². The molecule has 5 fully saturated rings. The third-order valence-electron chi connectivity index (χ3n) is 14.5. The van der Waals surface area contributed by atoms with Gasteiger partial charge in [0.15, 0.2) is 5.79 Å². The summed E-state index contributed by atoms with van der Waals surface area (Å²) in [5, 5.41) is 0. The van der Waals surface area contributed by atoms with E-state index < -0.39 is 5.79 Å². The van der Waals surface area contributed by atoms with Crippen LogP contribution in [0.15, 0.2) is 11.6 Å². The summed E-state index contributed by atoms with van der Waals surface area (Å²) in [6, 6.07) is 0. The van der Waals surface area contributed by atoms with Crippen molar-refractivity contribution < 1.29 is 19.0 Å². The van der Waals surface area contributed by atoms with Crippen molar-refractivity contribution in [1.29, 1.82) is 0 Å². The molecule has 11 atom stereocenters. The van der Waals surface area contributed by atoms with Gasteiger partial charge in [0.2, 0.25) is 0 Å². The number of esters is 1. The highest BCUT2D eigenvalue weighted by atomic mass is 16.7. The lowest BCUT2D eigenvalue weighted by molar-refractivity contribution is -0.351. The number of hydrogen-bond donors (Lipinski definition) is 0. The van der Waals surface area contributed by atoms with Gasteiger partial charge in [0.1, 0.15) is 0 Å². The molecule has 0 radical (unpaired) electrons. The minimum Gasteiger partial charge on any atom is -0.469 e. The zero-order valence-corrected chi connectivity index (χ0v) is 25.7. The Balaban J connectivity index is 1.40. The second-order valence-electron chi connectivity index (χ2n) is 16.1. The normalized spacial score (nSPS) is 55.2. The van der Waals surface area contributed by atoms with Gasteiger partial charge in [-0.2, -0.15) is 0 Å². The molecular formula is C34H54O4. The fourth-order valence-corrected chi connectivity index (χ4v) is 11.9. The highest BCUT2D eigenvalue weighted by molar-refractivity contribution is 5.78. The molecule has 0 bridgehead atoms. The van der Waals surface area contributed by atoms with E-state index in [0.29, 0.717) is 35.7 Å². The third-order valence-corrected chi connectivity index (χ3v) is 14.5. The Labute approximate surface area is 232 Å². The molecule has 0 aromatic rings. The SMILES string of the molecule is COC(=O)C12CC[C@@H](C)C(C)C1C1=CCC3C4(C)CCC5OC(C)(C)OC[C@]5(C)C4CCC3(C)[C@]1(C)CC2. The van der Waals surface area contributed by atoms with Gasteiger partial charge in [0, 0.05) is 5.41 Å². The van der Waals surface area contributed by atoms with Gasteiger partial charge in [-0.15, -0.1) is 0 Å². The van der Waals surface area contributed by atoms with Crippen LogP contribution >= 0.6 is 0 Å². The van der Waals surface area contributed by atoms with Crippen LogP contribution in [-0.4, -0.2) is 31.6 Å². The molecule has 1 aliphatic heterocycles. The summed E-state index contributed by atoms with van der Waals surface area (Å²) in [5.41, 5.74) is 2.03. The van der Waals surface area contributed by atoms with Crippen molar-refractivity contribution in [3.63, 3.8) is 0 Å². The number of carbonyl (C=O) groups is 1. The topological polar surface area (TPSA) is 44.8 Å². The average Bonchev–Trinajstić information content (AvgIpc) is 2.86. The van der Waals surface area contributed by atoms with E-state index in [1.54, 1.807) is 12.7 Å². The van der Waals surface area contributed by atoms with E-state index in [9.17, 15) is 4.79 Å². The molecule has 0 aromatic heterocycles. The van der Waals surface area contributed by atoms with Crippen molar-refractivity contribution >= 4 is 5.97 Å². The monoisotopic (exact) mass is 526 g/mol. The Morgan fingerprint density at radius 3 is 2.34 bits per heavy atom. The third kappa shape index (κ3) is 3.25. The second-order valence-corrected chi connectivity index (χ2v) is 16.1. The quantitative estimate of drug-likeness (QED) is 0.257. The van der Waals surface area contributed by atoms with Gasteiger partial charge in [0.05, 0.1) is 25.2 Å². The van der Waals surface area contributed by atoms with Gasteiger partial charge in [-0.1, -0.05) is 53.2 Å². The summed E-state index contributed by atoms with van der Waals surface area (Å²) >= 11 is 0. The van der Waals surface area contributed by atoms with Crippen LogP contribution in [0, 0.1) is 56.7 Å². The van der Waals surface area contributed by atoms with Gasteiger partial charge in [-0.05, 0) is 117 Å². The molecule has 1 heterocycles. The molecule has 0 spiro atoms. The van der Waals surface area contributed by atoms with E-state index in [2.05, 4.69) is 61.5 Å². The summed E-state index contributed by atoms with van der Waals surface area (Å²) in [7, 11) is 1.61. The lowest BCUT2D eigenvalue weighted by atomic mass is 9.33. The highest BCUT2D eigenvalue weighted by Crippen LogP contribution is 2.76. The number of rotatable bonds is 1. The van der Waals surface area contributed by atoms with Crippen LogP contribution in [0.3, 0.4) is 0 Å². The van der Waals surface area contributed by atoms with Crippen LogP contribution in [0.1, 0.15) is 113 Å². The van der Waals surface area contributed by atoms with Gasteiger partial charge in [-0.3, -0.25) is 4.79 Å². The lowest BCUT2D eigenvalue weighted by Crippen LogP contribution is -2.68. The molecule has 5 aliphatic carbocycles. The van der Waals surface area contributed by atoms with E-state index in [1.807, 2.05) is 0 Å². The number of allylic oxidation sites excluding steroid dienone is 2. The van der Waals surface area contributed by atoms with E-state index in [0.717, 1.165) is 45.1 Å². The molecule has 8 unspecified atom stereocenters. The highest BCUT2D eigenvalue weighted by Gasteiger charge is 2.70. The first-order chi connectivity index (χ1) is 17.7. The van der Waals surface area contributed by atoms with E-state index in [4.69, 9.17) is 14.2 Å². The molecule has 4 nitrogen and oxygen atoms in total. The fourth-order valence-electron chi connectivity index (χ4n) is 11.9. The predicted molar refractivity (Wildman–Crippen MR) is 150 cm³/mol. The first kappa shape index (κ1) is 27.3. The Bertz CT molecular complexity index is 1030. The Morgan fingerprint density at radius 2 is 1.63 bits per heavy atom. The van der Waals surface area contributed by atoms with Gasteiger partial charge < -0.3 is 14.2 Å². The maximum absolute atomic E-state index is 13.5. The van der Waals surface area contributed by atoms with Gasteiger partial charge in [-0.25, -0.2) is 0 Å². The van der Waals surface area contributed by atoms with Crippen molar-refractivity contribution in [2.45, 2.75) is 125 Å². The predicted octanol–water partition coefficient (Wildman–Crippen LogP) is 7.95. The van der Waals surface area contributed by atoms with Crippen LogP contribution in [0.25, 0.3) is 0 Å². The van der Waals surface area contributed by atoms with E-state index >= 15 is 0 Å². The molecule has 6 rings (SSSR count). The first-order valence-corrected chi connectivity index (χ1v) is 15.8. The molecule has 214 valence electrons. The number of ether oxygens (including phenoxy) is 3. The smallest absolute Gasteiger partial charge is 0.312 e. The molecule has 1 saturated heterocycles. The molecule has 0 N–H and O–H groups in total. The van der Waals surface area contributed by atoms with Crippen LogP contribution in [0.2, 0.25) is 0 Å². The summed E-state index contributed by atoms with van der Waals surface area (Å²) < 4.78 is 18.5. The molecule has 4 heteroatoms. The lowest BCUT2D eigenvalue weighted by Gasteiger charge is -2.72. The number of hydrogen-bond acceptors (Lipinski definition) is 4. The van der Waals surface area contributed by atoms with Crippen LogP contribution in [0.5, 0.6) is 0 Å².